The normalized spacial score (nSPS) is 10.8. The van der Waals surface area contributed by atoms with Gasteiger partial charge in [-0.1, -0.05) is 27.5 Å². The summed E-state index contributed by atoms with van der Waals surface area (Å²) in [4.78, 5) is 8.81. The first-order chi connectivity index (χ1) is 10.2. The Labute approximate surface area is 134 Å². The van der Waals surface area contributed by atoms with Crippen LogP contribution < -0.4 is 10.6 Å². The fourth-order valence-electron chi connectivity index (χ4n) is 1.89. The van der Waals surface area contributed by atoms with Crippen molar-refractivity contribution in [2.45, 2.75) is 6.92 Å². The summed E-state index contributed by atoms with van der Waals surface area (Å²) in [5, 5.41) is 14.6. The van der Waals surface area contributed by atoms with Crippen molar-refractivity contribution in [3.63, 3.8) is 0 Å². The van der Waals surface area contributed by atoms with E-state index in [1.54, 1.807) is 6.20 Å². The zero-order valence-electron chi connectivity index (χ0n) is 11.1. The lowest BCUT2D eigenvalue weighted by Crippen LogP contribution is -2.05. The van der Waals surface area contributed by atoms with Crippen LogP contribution in [0.25, 0.3) is 11.0 Å². The van der Waals surface area contributed by atoms with Gasteiger partial charge in [-0.05, 0) is 25.1 Å². The van der Waals surface area contributed by atoms with E-state index >= 15 is 0 Å². The van der Waals surface area contributed by atoms with Crippen molar-refractivity contribution in [2.24, 2.45) is 0 Å². The molecular weight excluding hydrogens is 356 g/mol. The van der Waals surface area contributed by atoms with Crippen molar-refractivity contribution in [3.05, 3.63) is 33.9 Å². The van der Waals surface area contributed by atoms with Crippen LogP contribution in [0.3, 0.4) is 0 Å². The average molecular weight is 368 g/mol. The summed E-state index contributed by atoms with van der Waals surface area (Å²) in [6.07, 6.45) is 1.68. The minimum Gasteiger partial charge on any atom is -0.354 e. The number of anilines is 3. The van der Waals surface area contributed by atoms with Crippen LogP contribution in [0.5, 0.6) is 0 Å². The standard InChI is InChI=1S/C13H12BrClN6/c1-2-16-13-19-11(8-6-17-21-12(8)20-13)18-10-5-7(14)3-4-9(10)15/h3-6H,2H2,1H3,(H3,16,17,18,19,20,21). The van der Waals surface area contributed by atoms with E-state index < -0.39 is 0 Å². The Bertz CT molecular complexity index is 787. The number of rotatable bonds is 4. The van der Waals surface area contributed by atoms with E-state index in [4.69, 9.17) is 11.6 Å². The van der Waals surface area contributed by atoms with Gasteiger partial charge in [0.25, 0.3) is 0 Å². The van der Waals surface area contributed by atoms with E-state index in [0.717, 1.165) is 22.1 Å². The molecule has 21 heavy (non-hydrogen) atoms. The summed E-state index contributed by atoms with van der Waals surface area (Å²) >= 11 is 9.64. The summed E-state index contributed by atoms with van der Waals surface area (Å²) in [5.74, 6) is 1.17. The van der Waals surface area contributed by atoms with Crippen molar-refractivity contribution in [2.75, 3.05) is 17.2 Å². The van der Waals surface area contributed by atoms with Gasteiger partial charge in [0.2, 0.25) is 5.95 Å². The number of aromatic amines is 1. The molecule has 3 aromatic rings. The lowest BCUT2D eigenvalue weighted by Gasteiger charge is -2.10. The fraction of sp³-hybridized carbons (Fsp3) is 0.154. The summed E-state index contributed by atoms with van der Waals surface area (Å²) in [6.45, 7) is 2.72. The van der Waals surface area contributed by atoms with Crippen LogP contribution in [0.15, 0.2) is 28.9 Å². The molecular formula is C13H12BrClN6. The zero-order valence-corrected chi connectivity index (χ0v) is 13.5. The fourth-order valence-corrected chi connectivity index (χ4v) is 2.41. The number of nitrogens with one attached hydrogen (secondary N) is 3. The highest BCUT2D eigenvalue weighted by atomic mass is 79.9. The number of benzene rings is 1. The zero-order chi connectivity index (χ0) is 14.8. The number of hydrogen-bond donors (Lipinski definition) is 3. The Morgan fingerprint density at radius 3 is 3.00 bits per heavy atom. The summed E-state index contributed by atoms with van der Waals surface area (Å²) in [5.41, 5.74) is 1.42. The van der Waals surface area contributed by atoms with E-state index in [0.29, 0.717) is 22.4 Å². The number of H-pyrrole nitrogens is 1. The van der Waals surface area contributed by atoms with Crippen LogP contribution in [0.4, 0.5) is 17.5 Å². The molecule has 0 atom stereocenters. The highest BCUT2D eigenvalue weighted by molar-refractivity contribution is 9.10. The first kappa shape index (κ1) is 14.1. The molecule has 1 aromatic carbocycles. The van der Waals surface area contributed by atoms with Crippen molar-refractivity contribution in [3.8, 4) is 0 Å². The molecule has 0 spiro atoms. The SMILES string of the molecule is CCNc1nc(Nc2cc(Br)ccc2Cl)c2cn[nH]c2n1. The second-order valence-corrected chi connectivity index (χ2v) is 5.63. The largest absolute Gasteiger partial charge is 0.354 e. The molecule has 2 aromatic heterocycles. The molecule has 0 bridgehead atoms. The van der Waals surface area contributed by atoms with Gasteiger partial charge in [0.15, 0.2) is 5.65 Å². The molecule has 0 saturated carbocycles. The van der Waals surface area contributed by atoms with Gasteiger partial charge in [0, 0.05) is 11.0 Å². The van der Waals surface area contributed by atoms with Crippen molar-refractivity contribution < 1.29 is 0 Å². The lowest BCUT2D eigenvalue weighted by atomic mass is 10.3. The molecule has 0 unspecified atom stereocenters. The lowest BCUT2D eigenvalue weighted by molar-refractivity contribution is 1.07. The van der Waals surface area contributed by atoms with Crippen molar-refractivity contribution >= 4 is 56.0 Å². The summed E-state index contributed by atoms with van der Waals surface area (Å²) in [7, 11) is 0. The molecule has 2 heterocycles. The van der Waals surface area contributed by atoms with E-state index in [2.05, 4.69) is 46.7 Å². The van der Waals surface area contributed by atoms with Gasteiger partial charge in [-0.25, -0.2) is 0 Å². The van der Waals surface area contributed by atoms with Gasteiger partial charge in [0.05, 0.1) is 22.3 Å². The van der Waals surface area contributed by atoms with Crippen LogP contribution in [0, 0.1) is 0 Å². The molecule has 0 aliphatic carbocycles. The van der Waals surface area contributed by atoms with Crippen LogP contribution >= 0.6 is 27.5 Å². The van der Waals surface area contributed by atoms with Gasteiger partial charge < -0.3 is 10.6 Å². The number of nitrogens with zero attached hydrogens (tertiary/aromatic N) is 3. The third-order valence-electron chi connectivity index (χ3n) is 2.83. The second kappa shape index (κ2) is 5.87. The minimum atomic E-state index is 0.530. The maximum absolute atomic E-state index is 6.21. The third kappa shape index (κ3) is 2.93. The van der Waals surface area contributed by atoms with E-state index in [1.165, 1.54) is 0 Å². The Hall–Kier alpha value is -1.86. The van der Waals surface area contributed by atoms with E-state index in [1.807, 2.05) is 25.1 Å². The van der Waals surface area contributed by atoms with Gasteiger partial charge in [-0.3, -0.25) is 5.10 Å². The minimum absolute atomic E-state index is 0.530. The Morgan fingerprint density at radius 1 is 1.33 bits per heavy atom. The highest BCUT2D eigenvalue weighted by Gasteiger charge is 2.11. The second-order valence-electron chi connectivity index (χ2n) is 4.31. The maximum Gasteiger partial charge on any atom is 0.226 e. The smallest absolute Gasteiger partial charge is 0.226 e. The highest BCUT2D eigenvalue weighted by Crippen LogP contribution is 2.30. The predicted octanol–water partition coefficient (Wildman–Crippen LogP) is 3.94. The monoisotopic (exact) mass is 366 g/mol. The number of aromatic nitrogens is 4. The molecule has 0 saturated heterocycles. The Morgan fingerprint density at radius 2 is 2.19 bits per heavy atom. The summed E-state index contributed by atoms with van der Waals surface area (Å²) < 4.78 is 0.929. The third-order valence-corrected chi connectivity index (χ3v) is 3.65. The quantitative estimate of drug-likeness (QED) is 0.651. The molecule has 0 radical (unpaired) electrons. The van der Waals surface area contributed by atoms with Crippen LogP contribution in [0.1, 0.15) is 6.92 Å². The first-order valence-corrected chi connectivity index (χ1v) is 7.51. The topological polar surface area (TPSA) is 78.5 Å². The Balaban J connectivity index is 2.06. The van der Waals surface area contributed by atoms with Gasteiger partial charge >= 0.3 is 0 Å². The van der Waals surface area contributed by atoms with Crippen LogP contribution in [0.2, 0.25) is 5.02 Å². The molecule has 0 amide bonds. The number of hydrogen-bond acceptors (Lipinski definition) is 5. The average Bonchev–Trinajstić information content (AvgIpc) is 2.92. The maximum atomic E-state index is 6.21. The number of fused-ring (bicyclic) bond motifs is 1. The Kier molecular flexibility index (Phi) is 3.94. The number of halogens is 2. The van der Waals surface area contributed by atoms with E-state index in [-0.39, 0.29) is 0 Å². The molecule has 8 heteroatoms. The molecule has 0 aliphatic heterocycles. The van der Waals surface area contributed by atoms with Crippen molar-refractivity contribution in [1.82, 2.24) is 20.2 Å². The predicted molar refractivity (Wildman–Crippen MR) is 88.3 cm³/mol. The molecule has 3 rings (SSSR count). The molecule has 6 nitrogen and oxygen atoms in total. The molecule has 108 valence electrons. The molecule has 3 N–H and O–H groups in total. The van der Waals surface area contributed by atoms with E-state index in [9.17, 15) is 0 Å². The molecule has 0 aliphatic rings. The van der Waals surface area contributed by atoms with Gasteiger partial charge in [-0.15, -0.1) is 0 Å². The summed E-state index contributed by atoms with van der Waals surface area (Å²) in [6, 6.07) is 5.58. The van der Waals surface area contributed by atoms with Crippen LogP contribution in [-0.4, -0.2) is 26.7 Å². The van der Waals surface area contributed by atoms with Crippen molar-refractivity contribution in [1.29, 1.82) is 0 Å². The molecule has 0 fully saturated rings. The van der Waals surface area contributed by atoms with Gasteiger partial charge in [-0.2, -0.15) is 15.1 Å². The van der Waals surface area contributed by atoms with Gasteiger partial charge in [0.1, 0.15) is 5.82 Å². The first-order valence-electron chi connectivity index (χ1n) is 6.34. The van der Waals surface area contributed by atoms with Crippen LogP contribution in [-0.2, 0) is 0 Å².